The molecule has 0 unspecified atom stereocenters. The molecule has 0 radical (unpaired) electrons. The highest BCUT2D eigenvalue weighted by Gasteiger charge is 2.44. The second-order valence-corrected chi connectivity index (χ2v) is 9.20. The molecule has 14 nitrogen and oxygen atoms in total. The van der Waals surface area contributed by atoms with Gasteiger partial charge in [-0.1, -0.05) is 19.1 Å². The van der Waals surface area contributed by atoms with Crippen molar-refractivity contribution in [1.29, 1.82) is 0 Å². The van der Waals surface area contributed by atoms with Gasteiger partial charge in [-0.25, -0.2) is 14.7 Å². The minimum atomic E-state index is -4.38. The van der Waals surface area contributed by atoms with Gasteiger partial charge in [-0.3, -0.25) is 9.36 Å². The fourth-order valence-electron chi connectivity index (χ4n) is 3.52. The molecule has 2 aromatic heterocycles. The zero-order chi connectivity index (χ0) is 25.2. The fraction of sp³-hybridized carbons (Fsp3) is 0.400. The van der Waals surface area contributed by atoms with Gasteiger partial charge in [0.15, 0.2) is 17.4 Å². The summed E-state index contributed by atoms with van der Waals surface area (Å²) in [7, 11) is -4.38. The van der Waals surface area contributed by atoms with Gasteiger partial charge in [0.05, 0.1) is 18.5 Å². The van der Waals surface area contributed by atoms with Gasteiger partial charge in [0.1, 0.15) is 30.4 Å². The largest absolute Gasteiger partial charge is 0.507 e. The fourth-order valence-corrected chi connectivity index (χ4v) is 4.33. The molecule has 4 rings (SSSR count). The van der Waals surface area contributed by atoms with E-state index in [0.717, 1.165) is 6.42 Å². The molecular formula is C20H24N6O8S. The number of imidazole rings is 1. The minimum absolute atomic E-state index is 0.234. The maximum atomic E-state index is 12.3. The van der Waals surface area contributed by atoms with E-state index in [2.05, 4.69) is 19.7 Å². The third-order valence-corrected chi connectivity index (χ3v) is 6.23. The van der Waals surface area contributed by atoms with E-state index < -0.39 is 47.2 Å². The number of ether oxygens (including phenoxy) is 2. The van der Waals surface area contributed by atoms with E-state index in [1.54, 1.807) is 4.72 Å². The lowest BCUT2D eigenvalue weighted by atomic mass is 10.1. The first-order valence-corrected chi connectivity index (χ1v) is 12.1. The summed E-state index contributed by atoms with van der Waals surface area (Å²) in [6, 6.07) is 5.43. The van der Waals surface area contributed by atoms with Crippen LogP contribution in [0.1, 0.15) is 29.9 Å². The van der Waals surface area contributed by atoms with Gasteiger partial charge in [0.2, 0.25) is 5.88 Å². The molecule has 1 aromatic carbocycles. The third kappa shape index (κ3) is 5.18. The standard InChI is InChI=1S/C20H24N6O8S/c1-2-7-33-19-14-17(21-9-22-19)26(10-23-14)20-16(29)15(28)13(34-20)8-24-35(31,32)25-18(30)11-5-3-4-6-12(11)27/h3-6,9-10,13,15-16,20,24,27-29H,2,7-8H2,1H3,(H,25,30)/t13-,15-,16-,20-/m1/s1. The average Bonchev–Trinajstić information content (AvgIpc) is 3.37. The number of aliphatic hydroxyl groups excluding tert-OH is 2. The van der Waals surface area contributed by atoms with Crippen LogP contribution in [0.2, 0.25) is 0 Å². The van der Waals surface area contributed by atoms with Gasteiger partial charge in [-0.2, -0.15) is 18.1 Å². The molecule has 3 aromatic rings. The average molecular weight is 509 g/mol. The van der Waals surface area contributed by atoms with Crippen molar-refractivity contribution in [2.75, 3.05) is 13.2 Å². The number of para-hydroxylation sites is 1. The summed E-state index contributed by atoms with van der Waals surface area (Å²) in [6.45, 7) is 1.89. The first-order chi connectivity index (χ1) is 16.7. The number of hydrogen-bond acceptors (Lipinski definition) is 11. The van der Waals surface area contributed by atoms with Crippen LogP contribution in [0.3, 0.4) is 0 Å². The number of nitrogens with zero attached hydrogens (tertiary/aromatic N) is 4. The number of rotatable bonds is 9. The van der Waals surface area contributed by atoms with Gasteiger partial charge in [0.25, 0.3) is 5.91 Å². The Morgan fingerprint density at radius 2 is 1.97 bits per heavy atom. The Morgan fingerprint density at radius 1 is 1.20 bits per heavy atom. The SMILES string of the molecule is CCCOc1ncnc2c1ncn2[C@@H]1O[C@H](CNS(=O)(=O)NC(=O)c2ccccc2O)[C@@H](O)[C@H]1O. The van der Waals surface area contributed by atoms with Crippen LogP contribution in [0.4, 0.5) is 0 Å². The molecule has 35 heavy (non-hydrogen) atoms. The summed E-state index contributed by atoms with van der Waals surface area (Å²) in [6.07, 6.45) is -1.83. The molecule has 0 spiro atoms. The van der Waals surface area contributed by atoms with E-state index in [1.807, 2.05) is 6.92 Å². The van der Waals surface area contributed by atoms with Gasteiger partial charge in [-0.05, 0) is 18.6 Å². The van der Waals surface area contributed by atoms with Gasteiger partial charge < -0.3 is 24.8 Å². The van der Waals surface area contributed by atoms with Crippen LogP contribution < -0.4 is 14.2 Å². The number of carbonyl (C=O) groups excluding carboxylic acids is 1. The lowest BCUT2D eigenvalue weighted by Gasteiger charge is -2.16. The van der Waals surface area contributed by atoms with Crippen molar-refractivity contribution in [1.82, 2.24) is 29.0 Å². The maximum absolute atomic E-state index is 12.3. The number of benzene rings is 1. The monoisotopic (exact) mass is 508 g/mol. The summed E-state index contributed by atoms with van der Waals surface area (Å²) in [4.78, 5) is 24.6. The molecule has 1 amide bonds. The lowest BCUT2D eigenvalue weighted by molar-refractivity contribution is -0.0330. The number of aromatic hydroxyl groups is 1. The maximum Gasteiger partial charge on any atom is 0.301 e. The highest BCUT2D eigenvalue weighted by molar-refractivity contribution is 7.88. The van der Waals surface area contributed by atoms with Gasteiger partial charge >= 0.3 is 10.2 Å². The van der Waals surface area contributed by atoms with Crippen LogP contribution in [0.25, 0.3) is 11.2 Å². The molecule has 1 fully saturated rings. The molecule has 0 bridgehead atoms. The molecule has 1 aliphatic rings. The zero-order valence-corrected chi connectivity index (χ0v) is 19.3. The molecule has 4 atom stereocenters. The van der Waals surface area contributed by atoms with Crippen LogP contribution in [0.5, 0.6) is 11.6 Å². The van der Waals surface area contributed by atoms with Crippen molar-refractivity contribution >= 4 is 27.3 Å². The van der Waals surface area contributed by atoms with Gasteiger partial charge in [-0.15, -0.1) is 0 Å². The summed E-state index contributed by atoms with van der Waals surface area (Å²) in [5.41, 5.74) is 0.391. The van der Waals surface area contributed by atoms with Crippen molar-refractivity contribution in [3.63, 3.8) is 0 Å². The molecule has 0 aliphatic carbocycles. The second-order valence-electron chi connectivity index (χ2n) is 7.70. The predicted octanol–water partition coefficient (Wildman–Crippen LogP) is -0.796. The Hall–Kier alpha value is -3.37. The van der Waals surface area contributed by atoms with Crippen molar-refractivity contribution < 1.29 is 38.0 Å². The highest BCUT2D eigenvalue weighted by Crippen LogP contribution is 2.32. The molecular weight excluding hydrogens is 484 g/mol. The van der Waals surface area contributed by atoms with E-state index >= 15 is 0 Å². The molecule has 0 saturated carbocycles. The van der Waals surface area contributed by atoms with Crippen LogP contribution in [0.15, 0.2) is 36.9 Å². The number of aliphatic hydroxyl groups is 2. The molecule has 3 heterocycles. The summed E-state index contributed by atoms with van der Waals surface area (Å²) >= 11 is 0. The van der Waals surface area contributed by atoms with E-state index in [0.29, 0.717) is 17.8 Å². The predicted molar refractivity (Wildman–Crippen MR) is 120 cm³/mol. The molecule has 188 valence electrons. The highest BCUT2D eigenvalue weighted by atomic mass is 32.2. The topological polar surface area (TPSA) is 198 Å². The van der Waals surface area contributed by atoms with Crippen molar-refractivity contribution in [2.24, 2.45) is 0 Å². The number of fused-ring (bicyclic) bond motifs is 1. The summed E-state index contributed by atoms with van der Waals surface area (Å²) in [5, 5.41) is 30.7. The van der Waals surface area contributed by atoms with E-state index in [4.69, 9.17) is 9.47 Å². The van der Waals surface area contributed by atoms with E-state index in [1.165, 1.54) is 41.5 Å². The molecule has 5 N–H and O–H groups in total. The van der Waals surface area contributed by atoms with E-state index in [9.17, 15) is 28.5 Å². The smallest absolute Gasteiger partial charge is 0.301 e. The van der Waals surface area contributed by atoms with Crippen LogP contribution in [-0.4, -0.2) is 80.6 Å². The number of amides is 1. The number of phenols is 1. The molecule has 1 aliphatic heterocycles. The number of hydrogen-bond donors (Lipinski definition) is 5. The Bertz CT molecular complexity index is 1320. The van der Waals surface area contributed by atoms with Crippen molar-refractivity contribution in [3.8, 4) is 11.6 Å². The summed E-state index contributed by atoms with van der Waals surface area (Å²) in [5.74, 6) is -1.18. The van der Waals surface area contributed by atoms with Crippen LogP contribution in [0, 0.1) is 0 Å². The Labute approximate surface area is 199 Å². The number of aromatic nitrogens is 4. The zero-order valence-electron chi connectivity index (χ0n) is 18.5. The van der Waals surface area contributed by atoms with Crippen molar-refractivity contribution in [3.05, 3.63) is 42.5 Å². The minimum Gasteiger partial charge on any atom is -0.507 e. The third-order valence-electron chi connectivity index (χ3n) is 5.23. The number of nitrogens with one attached hydrogen (secondary N) is 2. The van der Waals surface area contributed by atoms with Crippen molar-refractivity contribution in [2.45, 2.75) is 37.9 Å². The van der Waals surface area contributed by atoms with Crippen LogP contribution in [-0.2, 0) is 14.9 Å². The normalized spacial score (nSPS) is 22.4. The first-order valence-electron chi connectivity index (χ1n) is 10.6. The summed E-state index contributed by atoms with van der Waals surface area (Å²) < 4.78 is 41.1. The van der Waals surface area contributed by atoms with Crippen LogP contribution >= 0.6 is 0 Å². The molecule has 15 heteroatoms. The Morgan fingerprint density at radius 3 is 2.71 bits per heavy atom. The molecule has 1 saturated heterocycles. The van der Waals surface area contributed by atoms with E-state index in [-0.39, 0.29) is 17.2 Å². The first kappa shape index (κ1) is 24.7. The number of carbonyl (C=O) groups is 1. The van der Waals surface area contributed by atoms with Gasteiger partial charge in [0, 0.05) is 6.54 Å². The lowest BCUT2D eigenvalue weighted by Crippen LogP contribution is -2.45. The quantitative estimate of drug-likeness (QED) is 0.243. The Kier molecular flexibility index (Phi) is 7.13. The second kappa shape index (κ2) is 10.1. The number of phenolic OH excluding ortho intramolecular Hbond substituents is 1. The Balaban J connectivity index is 1.44.